The molecule has 0 atom stereocenters. The number of carbonyl (C=O) groups is 1. The van der Waals surface area contributed by atoms with Gasteiger partial charge in [-0.1, -0.05) is 36.4 Å². The van der Waals surface area contributed by atoms with E-state index in [1.54, 1.807) is 12.3 Å². The molecule has 0 radical (unpaired) electrons. The molecule has 3 N–H and O–H groups in total. The zero-order valence-electron chi connectivity index (χ0n) is 12.2. The van der Waals surface area contributed by atoms with Crippen molar-refractivity contribution >= 4 is 33.4 Å². The maximum absolute atomic E-state index is 12.5. The minimum absolute atomic E-state index is 0.200. The van der Waals surface area contributed by atoms with E-state index in [1.165, 1.54) is 0 Å². The number of hydrazine groups is 1. The van der Waals surface area contributed by atoms with Crippen LogP contribution in [0.4, 0.5) is 5.69 Å². The number of aromatic nitrogens is 2. The number of carbonyl (C=O) groups excluding carboxylic acids is 1. The van der Waals surface area contributed by atoms with E-state index in [4.69, 9.17) is 0 Å². The molecule has 0 saturated carbocycles. The number of para-hydroxylation sites is 2. The Labute approximate surface area is 132 Å². The van der Waals surface area contributed by atoms with E-state index in [9.17, 15) is 4.79 Å². The Bertz CT molecular complexity index is 1000. The van der Waals surface area contributed by atoms with E-state index >= 15 is 0 Å². The average Bonchev–Trinajstić information content (AvgIpc) is 3.02. The standard InChI is InChI=1S/C18H14N4O/c23-18(13-9-10-19-15-7-3-1-5-12(13)15)22-21-17-11-20-16-8-4-2-6-14(16)17/h1-11,20-21H,(H,22,23). The Morgan fingerprint density at radius 3 is 2.65 bits per heavy atom. The fraction of sp³-hybridized carbons (Fsp3) is 0. The lowest BCUT2D eigenvalue weighted by molar-refractivity contribution is 0.0964. The smallest absolute Gasteiger partial charge is 0.270 e. The van der Waals surface area contributed by atoms with E-state index in [0.717, 1.165) is 27.5 Å². The van der Waals surface area contributed by atoms with Crippen LogP contribution >= 0.6 is 0 Å². The Morgan fingerprint density at radius 2 is 1.74 bits per heavy atom. The number of amides is 1. The van der Waals surface area contributed by atoms with Crippen LogP contribution in [0.3, 0.4) is 0 Å². The van der Waals surface area contributed by atoms with Crippen molar-refractivity contribution in [1.29, 1.82) is 0 Å². The lowest BCUT2D eigenvalue weighted by Gasteiger charge is -2.09. The van der Waals surface area contributed by atoms with Gasteiger partial charge in [-0.2, -0.15) is 0 Å². The summed E-state index contributed by atoms with van der Waals surface area (Å²) < 4.78 is 0. The molecule has 0 fully saturated rings. The fourth-order valence-corrected chi connectivity index (χ4v) is 2.66. The van der Waals surface area contributed by atoms with Gasteiger partial charge in [0.2, 0.25) is 0 Å². The summed E-state index contributed by atoms with van der Waals surface area (Å²) in [5, 5.41) is 1.85. The van der Waals surface area contributed by atoms with Gasteiger partial charge in [-0.05, 0) is 18.2 Å². The molecule has 5 nitrogen and oxygen atoms in total. The van der Waals surface area contributed by atoms with Crippen LogP contribution in [0.15, 0.2) is 67.0 Å². The summed E-state index contributed by atoms with van der Waals surface area (Å²) in [5.41, 5.74) is 8.95. The van der Waals surface area contributed by atoms with Gasteiger partial charge in [0, 0.05) is 28.7 Å². The lowest BCUT2D eigenvalue weighted by atomic mass is 10.1. The molecule has 0 aliphatic carbocycles. The van der Waals surface area contributed by atoms with Crippen LogP contribution in [0.5, 0.6) is 0 Å². The average molecular weight is 302 g/mol. The maximum atomic E-state index is 12.5. The molecule has 4 rings (SSSR count). The molecule has 4 aromatic rings. The molecule has 0 spiro atoms. The van der Waals surface area contributed by atoms with Gasteiger partial charge in [0.05, 0.1) is 16.8 Å². The zero-order valence-corrected chi connectivity index (χ0v) is 12.2. The summed E-state index contributed by atoms with van der Waals surface area (Å²) in [6.07, 6.45) is 3.47. The van der Waals surface area contributed by atoms with E-state index in [2.05, 4.69) is 20.8 Å². The molecule has 0 bridgehead atoms. The van der Waals surface area contributed by atoms with Gasteiger partial charge < -0.3 is 4.98 Å². The predicted octanol–water partition coefficient (Wildman–Crippen LogP) is 3.47. The largest absolute Gasteiger partial charge is 0.359 e. The van der Waals surface area contributed by atoms with Crippen molar-refractivity contribution in [3.63, 3.8) is 0 Å². The summed E-state index contributed by atoms with van der Waals surface area (Å²) >= 11 is 0. The second-order valence-corrected chi connectivity index (χ2v) is 5.20. The van der Waals surface area contributed by atoms with Gasteiger partial charge in [-0.25, -0.2) is 0 Å². The summed E-state index contributed by atoms with van der Waals surface area (Å²) in [7, 11) is 0. The van der Waals surface area contributed by atoms with Crippen molar-refractivity contribution < 1.29 is 4.79 Å². The number of benzene rings is 2. The van der Waals surface area contributed by atoms with Crippen LogP contribution in [0.2, 0.25) is 0 Å². The minimum atomic E-state index is -0.200. The summed E-state index contributed by atoms with van der Waals surface area (Å²) in [6.45, 7) is 0. The first-order chi connectivity index (χ1) is 11.3. The number of pyridine rings is 1. The summed E-state index contributed by atoms with van der Waals surface area (Å²) in [5.74, 6) is -0.200. The number of rotatable bonds is 3. The lowest BCUT2D eigenvalue weighted by Crippen LogP contribution is -2.29. The van der Waals surface area contributed by atoms with Crippen molar-refractivity contribution in [2.24, 2.45) is 0 Å². The highest BCUT2D eigenvalue weighted by Gasteiger charge is 2.10. The molecule has 5 heteroatoms. The molecule has 0 unspecified atom stereocenters. The summed E-state index contributed by atoms with van der Waals surface area (Å²) in [4.78, 5) is 19.9. The van der Waals surface area contributed by atoms with Crippen LogP contribution in [0.25, 0.3) is 21.8 Å². The van der Waals surface area contributed by atoms with Crippen molar-refractivity contribution in [3.8, 4) is 0 Å². The number of fused-ring (bicyclic) bond motifs is 2. The fourth-order valence-electron chi connectivity index (χ4n) is 2.66. The van der Waals surface area contributed by atoms with Crippen molar-refractivity contribution in [3.05, 3.63) is 72.6 Å². The second-order valence-electron chi connectivity index (χ2n) is 5.20. The molecule has 0 aliphatic heterocycles. The third kappa shape index (κ3) is 2.38. The number of hydrogen-bond donors (Lipinski definition) is 3. The number of hydrogen-bond acceptors (Lipinski definition) is 3. The predicted molar refractivity (Wildman–Crippen MR) is 91.1 cm³/mol. The Morgan fingerprint density at radius 1 is 0.957 bits per heavy atom. The molecule has 0 saturated heterocycles. The second kappa shape index (κ2) is 5.46. The monoisotopic (exact) mass is 302 g/mol. The van der Waals surface area contributed by atoms with Gasteiger partial charge in [0.15, 0.2) is 0 Å². The highest BCUT2D eigenvalue weighted by Crippen LogP contribution is 2.22. The summed E-state index contributed by atoms with van der Waals surface area (Å²) in [6, 6.07) is 17.2. The molecule has 1 amide bonds. The normalized spacial score (nSPS) is 10.8. The van der Waals surface area contributed by atoms with Crippen LogP contribution in [-0.4, -0.2) is 15.9 Å². The van der Waals surface area contributed by atoms with E-state index in [1.807, 2.05) is 54.7 Å². The van der Waals surface area contributed by atoms with Gasteiger partial charge >= 0.3 is 0 Å². The molecule has 23 heavy (non-hydrogen) atoms. The van der Waals surface area contributed by atoms with E-state index < -0.39 is 0 Å². The highest BCUT2D eigenvalue weighted by molar-refractivity contribution is 6.06. The SMILES string of the molecule is O=C(NNc1c[nH]c2ccccc12)c1ccnc2ccccc12. The molecular weight excluding hydrogens is 288 g/mol. The van der Waals surface area contributed by atoms with E-state index in [0.29, 0.717) is 5.56 Å². The topological polar surface area (TPSA) is 69.8 Å². The third-order valence-electron chi connectivity index (χ3n) is 3.79. The third-order valence-corrected chi connectivity index (χ3v) is 3.79. The highest BCUT2D eigenvalue weighted by atomic mass is 16.2. The van der Waals surface area contributed by atoms with Crippen LogP contribution < -0.4 is 10.9 Å². The van der Waals surface area contributed by atoms with Gasteiger partial charge in [-0.15, -0.1) is 0 Å². The number of H-pyrrole nitrogens is 1. The van der Waals surface area contributed by atoms with Crippen molar-refractivity contribution in [1.82, 2.24) is 15.4 Å². The molecule has 2 heterocycles. The molecule has 112 valence electrons. The Balaban J connectivity index is 1.60. The zero-order chi connectivity index (χ0) is 15.6. The number of nitrogens with one attached hydrogen (secondary N) is 3. The number of aromatic amines is 1. The first-order valence-corrected chi connectivity index (χ1v) is 7.29. The molecule has 2 aromatic carbocycles. The van der Waals surface area contributed by atoms with Crippen LogP contribution in [0.1, 0.15) is 10.4 Å². The first-order valence-electron chi connectivity index (χ1n) is 7.29. The number of anilines is 1. The van der Waals surface area contributed by atoms with Gasteiger partial charge in [0.25, 0.3) is 5.91 Å². The molecular formula is C18H14N4O. The molecule has 2 aromatic heterocycles. The van der Waals surface area contributed by atoms with Crippen LogP contribution in [0, 0.1) is 0 Å². The van der Waals surface area contributed by atoms with Gasteiger partial charge in [0.1, 0.15) is 0 Å². The van der Waals surface area contributed by atoms with E-state index in [-0.39, 0.29) is 5.91 Å². The van der Waals surface area contributed by atoms with Crippen LogP contribution in [-0.2, 0) is 0 Å². The first kappa shape index (κ1) is 13.3. The molecule has 0 aliphatic rings. The maximum Gasteiger partial charge on any atom is 0.270 e. The van der Waals surface area contributed by atoms with Crippen molar-refractivity contribution in [2.75, 3.05) is 5.43 Å². The van der Waals surface area contributed by atoms with Crippen molar-refractivity contribution in [2.45, 2.75) is 0 Å². The Kier molecular flexibility index (Phi) is 3.16. The Hall–Kier alpha value is -3.34. The minimum Gasteiger partial charge on any atom is -0.359 e. The quantitative estimate of drug-likeness (QED) is 0.507. The van der Waals surface area contributed by atoms with Gasteiger partial charge in [-0.3, -0.25) is 20.6 Å². The number of nitrogens with zero attached hydrogens (tertiary/aromatic N) is 1.